The van der Waals surface area contributed by atoms with Gasteiger partial charge < -0.3 is 24.6 Å². The molecule has 0 radical (unpaired) electrons. The average Bonchev–Trinajstić information content (AvgIpc) is 3.19. The summed E-state index contributed by atoms with van der Waals surface area (Å²) >= 11 is 1.36. The van der Waals surface area contributed by atoms with Crippen LogP contribution >= 0.6 is 11.3 Å². The number of hydrogen-bond acceptors (Lipinski definition) is 10. The van der Waals surface area contributed by atoms with Gasteiger partial charge in [-0.15, -0.1) is 0 Å². The van der Waals surface area contributed by atoms with Gasteiger partial charge in [-0.3, -0.25) is 4.79 Å². The number of methoxy groups -OCH3 is 1. The Kier molecular flexibility index (Phi) is 6.91. The zero-order valence-corrected chi connectivity index (χ0v) is 23.6. The molecule has 4 heterocycles. The van der Waals surface area contributed by atoms with Crippen molar-refractivity contribution in [2.75, 3.05) is 44.6 Å². The third-order valence-electron chi connectivity index (χ3n) is 6.59. The summed E-state index contributed by atoms with van der Waals surface area (Å²) in [6.07, 6.45) is 1.84. The molecule has 0 saturated heterocycles. The molecule has 11 heteroatoms. The van der Waals surface area contributed by atoms with Crippen LogP contribution in [0.3, 0.4) is 0 Å². The first kappa shape index (κ1) is 25.9. The van der Waals surface area contributed by atoms with E-state index in [0.717, 1.165) is 61.1 Å². The highest BCUT2D eigenvalue weighted by atomic mass is 32.1. The number of nitrogens with zero attached hydrogens (tertiary/aromatic N) is 6. The van der Waals surface area contributed by atoms with E-state index in [4.69, 9.17) is 19.4 Å². The van der Waals surface area contributed by atoms with Crippen LogP contribution in [0.2, 0.25) is 0 Å². The second-order valence-electron chi connectivity index (χ2n) is 9.93. The van der Waals surface area contributed by atoms with Crippen molar-refractivity contribution in [3.63, 3.8) is 0 Å². The minimum absolute atomic E-state index is 0.154. The standard InChI is InChI=1S/C29H29N7O3S/c1-17(37)31-29-33-24-12-19(14-30-28(24)40-29)18-5-8-25-20(11-18)15-36(9-10-39-25)27-22-7-6-21(38-4)13-23(22)32-26(34-27)16-35(2)3/h5-8,11-14H,9-10,15-16H2,1-4H3,(H,31,33,37). The van der Waals surface area contributed by atoms with Gasteiger partial charge in [-0.1, -0.05) is 17.4 Å². The summed E-state index contributed by atoms with van der Waals surface area (Å²) in [5.74, 6) is 3.09. The fourth-order valence-corrected chi connectivity index (χ4v) is 5.64. The summed E-state index contributed by atoms with van der Waals surface area (Å²) in [4.78, 5) is 35.5. The Hall–Kier alpha value is -4.35. The Labute approximate surface area is 235 Å². The number of ether oxygens (including phenoxy) is 2. The number of nitrogens with one attached hydrogen (secondary N) is 1. The van der Waals surface area contributed by atoms with Crippen molar-refractivity contribution in [3.8, 4) is 22.6 Å². The van der Waals surface area contributed by atoms with Gasteiger partial charge in [-0.25, -0.2) is 19.9 Å². The normalized spacial score (nSPS) is 13.3. The maximum atomic E-state index is 11.4. The maximum Gasteiger partial charge on any atom is 0.223 e. The minimum Gasteiger partial charge on any atom is -0.497 e. The molecule has 10 nitrogen and oxygen atoms in total. The number of aromatic nitrogens is 4. The molecule has 1 N–H and O–H groups in total. The van der Waals surface area contributed by atoms with Crippen LogP contribution < -0.4 is 19.7 Å². The number of carbonyl (C=O) groups is 1. The third kappa shape index (κ3) is 5.25. The second kappa shape index (κ2) is 10.7. The maximum absolute atomic E-state index is 11.4. The topological polar surface area (TPSA) is 106 Å². The quantitative estimate of drug-likeness (QED) is 0.318. The van der Waals surface area contributed by atoms with Crippen molar-refractivity contribution < 1.29 is 14.3 Å². The lowest BCUT2D eigenvalue weighted by Gasteiger charge is -2.24. The average molecular weight is 556 g/mol. The lowest BCUT2D eigenvalue weighted by atomic mass is 10.0. The monoisotopic (exact) mass is 555 g/mol. The van der Waals surface area contributed by atoms with E-state index in [1.165, 1.54) is 18.3 Å². The van der Waals surface area contributed by atoms with E-state index in [1.54, 1.807) is 7.11 Å². The molecule has 0 spiro atoms. The van der Waals surface area contributed by atoms with Gasteiger partial charge in [0.05, 0.1) is 25.7 Å². The number of rotatable bonds is 6. The molecule has 204 valence electrons. The van der Waals surface area contributed by atoms with Crippen LogP contribution in [-0.4, -0.2) is 65.1 Å². The largest absolute Gasteiger partial charge is 0.497 e. The van der Waals surface area contributed by atoms with E-state index in [1.807, 2.05) is 56.7 Å². The number of hydrogen-bond donors (Lipinski definition) is 1. The molecule has 1 aliphatic rings. The molecule has 0 aliphatic carbocycles. The number of amides is 1. The summed E-state index contributed by atoms with van der Waals surface area (Å²) in [5.41, 5.74) is 4.61. The van der Waals surface area contributed by atoms with E-state index in [-0.39, 0.29) is 5.91 Å². The van der Waals surface area contributed by atoms with Gasteiger partial charge in [0, 0.05) is 42.2 Å². The van der Waals surface area contributed by atoms with Crippen LogP contribution in [0.4, 0.5) is 10.9 Å². The first-order valence-corrected chi connectivity index (χ1v) is 13.7. The molecule has 6 rings (SSSR count). The zero-order chi connectivity index (χ0) is 27.8. The molecule has 3 aromatic heterocycles. The van der Waals surface area contributed by atoms with Crippen molar-refractivity contribution in [1.29, 1.82) is 0 Å². The Morgan fingerprint density at radius 1 is 1.10 bits per heavy atom. The molecule has 1 amide bonds. The smallest absolute Gasteiger partial charge is 0.223 e. The summed E-state index contributed by atoms with van der Waals surface area (Å²) in [5, 5.41) is 4.25. The minimum atomic E-state index is -0.154. The number of thiazole rings is 1. The Morgan fingerprint density at radius 3 is 2.77 bits per heavy atom. The summed E-state index contributed by atoms with van der Waals surface area (Å²) in [6.45, 7) is 3.94. The SMILES string of the molecule is COc1ccc2c(N3CCOc4ccc(-c5cnc6sc(NC(C)=O)nc6c5)cc4C3)nc(CN(C)C)nc2c1. The van der Waals surface area contributed by atoms with Gasteiger partial charge >= 0.3 is 0 Å². The molecular formula is C29H29N7O3S. The van der Waals surface area contributed by atoms with Gasteiger partial charge in [0.2, 0.25) is 5.91 Å². The number of fused-ring (bicyclic) bond motifs is 3. The van der Waals surface area contributed by atoms with E-state index < -0.39 is 0 Å². The lowest BCUT2D eigenvalue weighted by molar-refractivity contribution is -0.114. The molecular weight excluding hydrogens is 526 g/mol. The Morgan fingerprint density at radius 2 is 1.98 bits per heavy atom. The zero-order valence-electron chi connectivity index (χ0n) is 22.8. The molecule has 0 fully saturated rings. The molecule has 0 atom stereocenters. The molecule has 5 aromatic rings. The van der Waals surface area contributed by atoms with Crippen molar-refractivity contribution in [2.45, 2.75) is 20.0 Å². The molecule has 0 unspecified atom stereocenters. The van der Waals surface area contributed by atoms with Crippen LogP contribution in [0, 0.1) is 0 Å². The predicted molar refractivity (Wildman–Crippen MR) is 157 cm³/mol. The Balaban J connectivity index is 1.37. The van der Waals surface area contributed by atoms with Gasteiger partial charge in [0.1, 0.15) is 40.1 Å². The van der Waals surface area contributed by atoms with Gasteiger partial charge in [0.25, 0.3) is 0 Å². The van der Waals surface area contributed by atoms with Crippen molar-refractivity contribution in [2.24, 2.45) is 0 Å². The fraction of sp³-hybridized carbons (Fsp3) is 0.276. The molecule has 0 saturated carbocycles. The highest BCUT2D eigenvalue weighted by Crippen LogP contribution is 2.35. The first-order valence-electron chi connectivity index (χ1n) is 12.9. The van der Waals surface area contributed by atoms with Crippen LogP contribution in [0.15, 0.2) is 48.7 Å². The van der Waals surface area contributed by atoms with E-state index >= 15 is 0 Å². The van der Waals surface area contributed by atoms with Crippen LogP contribution in [0.5, 0.6) is 11.5 Å². The fourth-order valence-electron chi connectivity index (χ4n) is 4.80. The predicted octanol–water partition coefficient (Wildman–Crippen LogP) is 4.73. The van der Waals surface area contributed by atoms with Crippen molar-refractivity contribution in [1.82, 2.24) is 24.8 Å². The van der Waals surface area contributed by atoms with E-state index in [2.05, 4.69) is 31.2 Å². The highest BCUT2D eigenvalue weighted by molar-refractivity contribution is 7.21. The summed E-state index contributed by atoms with van der Waals surface area (Å²) in [7, 11) is 5.68. The molecule has 1 aliphatic heterocycles. The van der Waals surface area contributed by atoms with Gasteiger partial charge in [-0.05, 0) is 50.0 Å². The highest BCUT2D eigenvalue weighted by Gasteiger charge is 2.21. The number of carbonyl (C=O) groups excluding carboxylic acids is 1. The number of pyridine rings is 1. The number of benzene rings is 2. The first-order chi connectivity index (χ1) is 19.4. The Bertz CT molecular complexity index is 1740. The van der Waals surface area contributed by atoms with Gasteiger partial charge in [0.15, 0.2) is 5.13 Å². The molecule has 40 heavy (non-hydrogen) atoms. The van der Waals surface area contributed by atoms with Crippen LogP contribution in [-0.2, 0) is 17.9 Å². The molecule has 0 bridgehead atoms. The summed E-state index contributed by atoms with van der Waals surface area (Å²) < 4.78 is 11.6. The van der Waals surface area contributed by atoms with Crippen LogP contribution in [0.25, 0.3) is 32.4 Å². The van der Waals surface area contributed by atoms with Crippen LogP contribution in [0.1, 0.15) is 18.3 Å². The number of anilines is 2. The second-order valence-corrected chi connectivity index (χ2v) is 10.9. The van der Waals surface area contributed by atoms with Crippen molar-refractivity contribution >= 4 is 49.4 Å². The van der Waals surface area contributed by atoms with Crippen molar-refractivity contribution in [3.05, 3.63) is 60.0 Å². The van der Waals surface area contributed by atoms with E-state index in [9.17, 15) is 4.79 Å². The third-order valence-corrected chi connectivity index (χ3v) is 7.49. The van der Waals surface area contributed by atoms with E-state index in [0.29, 0.717) is 31.4 Å². The van der Waals surface area contributed by atoms with Gasteiger partial charge in [-0.2, -0.15) is 0 Å². The molecule has 2 aromatic carbocycles. The summed E-state index contributed by atoms with van der Waals surface area (Å²) in [6, 6.07) is 14.1. The lowest BCUT2D eigenvalue weighted by Crippen LogP contribution is -2.27.